The van der Waals surface area contributed by atoms with E-state index < -0.39 is 0 Å². The molecule has 23 heavy (non-hydrogen) atoms. The molecule has 0 aliphatic carbocycles. The lowest BCUT2D eigenvalue weighted by molar-refractivity contribution is -0.128. The first-order valence-electron chi connectivity index (χ1n) is 8.09. The Kier molecular flexibility index (Phi) is 6.06. The highest BCUT2D eigenvalue weighted by Gasteiger charge is 2.24. The fourth-order valence-electron chi connectivity index (χ4n) is 2.49. The van der Waals surface area contributed by atoms with Gasteiger partial charge in [-0.15, -0.1) is 0 Å². The highest BCUT2D eigenvalue weighted by atomic mass is 35.5. The summed E-state index contributed by atoms with van der Waals surface area (Å²) in [7, 11) is 0. The Bertz CT molecular complexity index is 539. The molecule has 0 aromatic carbocycles. The number of hydrogen-bond donors (Lipinski definition) is 2. The Labute approximate surface area is 142 Å². The van der Waals surface area contributed by atoms with Gasteiger partial charge in [0.2, 0.25) is 5.91 Å². The lowest BCUT2D eigenvalue weighted by atomic mass is 9.95. The molecule has 0 unspecified atom stereocenters. The molecule has 1 aliphatic rings. The van der Waals surface area contributed by atoms with Gasteiger partial charge in [-0.25, -0.2) is 0 Å². The zero-order valence-electron chi connectivity index (χ0n) is 14.4. The molecule has 0 bridgehead atoms. The van der Waals surface area contributed by atoms with Crippen LogP contribution in [0.25, 0.3) is 0 Å². The van der Waals surface area contributed by atoms with Gasteiger partial charge in [0.1, 0.15) is 0 Å². The predicted octanol–water partition coefficient (Wildman–Crippen LogP) is 2.12. The smallest absolute Gasteiger partial charge is 0.225 e. The van der Waals surface area contributed by atoms with E-state index in [1.165, 1.54) is 0 Å². The Morgan fingerprint density at radius 1 is 1.52 bits per heavy atom. The van der Waals surface area contributed by atoms with Crippen LogP contribution in [0, 0.1) is 12.3 Å². The second-order valence-electron chi connectivity index (χ2n) is 7.13. The monoisotopic (exact) mass is 342 g/mol. The number of carbonyl (C=O) groups is 1. The first-order chi connectivity index (χ1) is 10.8. The van der Waals surface area contributed by atoms with Crippen molar-refractivity contribution in [3.63, 3.8) is 0 Å². The van der Waals surface area contributed by atoms with Crippen molar-refractivity contribution < 1.29 is 9.53 Å². The van der Waals surface area contributed by atoms with Crippen molar-refractivity contribution in [3.8, 4) is 0 Å². The number of aromatic nitrogens is 2. The minimum absolute atomic E-state index is 0.0731. The maximum atomic E-state index is 11.9. The second-order valence-corrected chi connectivity index (χ2v) is 7.51. The maximum absolute atomic E-state index is 11.9. The van der Waals surface area contributed by atoms with Crippen molar-refractivity contribution >= 4 is 17.5 Å². The van der Waals surface area contributed by atoms with E-state index in [-0.39, 0.29) is 17.4 Å². The van der Waals surface area contributed by atoms with Crippen LogP contribution in [-0.4, -0.2) is 53.3 Å². The van der Waals surface area contributed by atoms with Crippen LogP contribution in [0.5, 0.6) is 0 Å². The van der Waals surface area contributed by atoms with Crippen molar-refractivity contribution in [1.82, 2.24) is 20.4 Å². The quantitative estimate of drug-likeness (QED) is 0.860. The zero-order chi connectivity index (χ0) is 17.0. The van der Waals surface area contributed by atoms with Crippen LogP contribution in [-0.2, 0) is 16.1 Å². The Hall–Kier alpha value is -1.11. The largest absolute Gasteiger partial charge is 0.375 e. The van der Waals surface area contributed by atoms with Crippen LogP contribution in [0.3, 0.4) is 0 Å². The molecular weight excluding hydrogens is 316 g/mol. The molecule has 6 nitrogen and oxygen atoms in total. The standard InChI is InChI=1S/C16H27ClN4O2/c1-11-14(17)13(20-19-11)10-21-7-8-23-12(9-21)5-6-18-15(22)16(2,3)4/h12H,5-10H2,1-4H3,(H,18,22)(H,19,20)/t12-/m0/s1. The van der Waals surface area contributed by atoms with Gasteiger partial charge in [-0.2, -0.15) is 5.10 Å². The highest BCUT2D eigenvalue weighted by molar-refractivity contribution is 6.31. The van der Waals surface area contributed by atoms with Gasteiger partial charge in [-0.3, -0.25) is 14.8 Å². The molecule has 1 aromatic heterocycles. The van der Waals surface area contributed by atoms with E-state index in [9.17, 15) is 4.79 Å². The van der Waals surface area contributed by atoms with Crippen molar-refractivity contribution in [1.29, 1.82) is 0 Å². The molecule has 7 heteroatoms. The van der Waals surface area contributed by atoms with E-state index in [2.05, 4.69) is 20.4 Å². The topological polar surface area (TPSA) is 70.2 Å². The van der Waals surface area contributed by atoms with Gasteiger partial charge < -0.3 is 10.1 Å². The summed E-state index contributed by atoms with van der Waals surface area (Å²) in [5, 5.41) is 10.8. The number of amides is 1. The molecule has 0 radical (unpaired) electrons. The van der Waals surface area contributed by atoms with E-state index in [0.717, 1.165) is 37.4 Å². The number of aromatic amines is 1. The minimum Gasteiger partial charge on any atom is -0.375 e. The molecule has 1 saturated heterocycles. The van der Waals surface area contributed by atoms with Crippen molar-refractivity contribution in [2.75, 3.05) is 26.2 Å². The summed E-state index contributed by atoms with van der Waals surface area (Å²) in [6, 6.07) is 0. The third kappa shape index (κ3) is 5.19. The summed E-state index contributed by atoms with van der Waals surface area (Å²) >= 11 is 6.23. The van der Waals surface area contributed by atoms with Gasteiger partial charge in [-0.1, -0.05) is 32.4 Å². The molecule has 2 N–H and O–H groups in total. The lowest BCUT2D eigenvalue weighted by Gasteiger charge is -2.32. The van der Waals surface area contributed by atoms with E-state index >= 15 is 0 Å². The summed E-state index contributed by atoms with van der Waals surface area (Å²) in [5.41, 5.74) is 1.43. The van der Waals surface area contributed by atoms with Gasteiger partial charge in [0.15, 0.2) is 0 Å². The van der Waals surface area contributed by atoms with Gasteiger partial charge in [-0.05, 0) is 13.3 Å². The van der Waals surface area contributed by atoms with Gasteiger partial charge in [0.05, 0.1) is 29.1 Å². The van der Waals surface area contributed by atoms with Gasteiger partial charge in [0, 0.05) is 31.6 Å². The van der Waals surface area contributed by atoms with E-state index in [1.807, 2.05) is 27.7 Å². The van der Waals surface area contributed by atoms with Crippen molar-refractivity contribution in [2.45, 2.75) is 46.8 Å². The molecule has 1 amide bonds. The van der Waals surface area contributed by atoms with E-state index in [4.69, 9.17) is 16.3 Å². The summed E-state index contributed by atoms with van der Waals surface area (Å²) in [6.07, 6.45) is 0.939. The van der Waals surface area contributed by atoms with Crippen molar-refractivity contribution in [2.24, 2.45) is 5.41 Å². The molecule has 1 atom stereocenters. The number of H-pyrrole nitrogens is 1. The summed E-state index contributed by atoms with van der Waals surface area (Å²) in [5.74, 6) is 0.0731. The van der Waals surface area contributed by atoms with Crippen LogP contribution in [0.2, 0.25) is 5.02 Å². The summed E-state index contributed by atoms with van der Waals surface area (Å²) in [6.45, 7) is 11.4. The molecule has 0 spiro atoms. The number of hydrogen-bond acceptors (Lipinski definition) is 4. The lowest BCUT2D eigenvalue weighted by Crippen LogP contribution is -2.44. The second kappa shape index (κ2) is 7.64. The number of halogens is 1. The first kappa shape index (κ1) is 18.2. The molecule has 1 fully saturated rings. The van der Waals surface area contributed by atoms with Gasteiger partial charge in [0.25, 0.3) is 0 Å². The average molecular weight is 343 g/mol. The summed E-state index contributed by atoms with van der Waals surface area (Å²) < 4.78 is 5.79. The first-order valence-corrected chi connectivity index (χ1v) is 8.46. The minimum atomic E-state index is -0.353. The van der Waals surface area contributed by atoms with Gasteiger partial charge >= 0.3 is 0 Å². The number of aryl methyl sites for hydroxylation is 1. The number of ether oxygens (including phenoxy) is 1. The van der Waals surface area contributed by atoms with Crippen LogP contribution < -0.4 is 5.32 Å². The molecule has 1 aliphatic heterocycles. The normalized spacial score (nSPS) is 19.8. The molecule has 130 valence electrons. The van der Waals surface area contributed by atoms with Crippen LogP contribution >= 0.6 is 11.6 Å². The van der Waals surface area contributed by atoms with Crippen molar-refractivity contribution in [3.05, 3.63) is 16.4 Å². The maximum Gasteiger partial charge on any atom is 0.225 e. The zero-order valence-corrected chi connectivity index (χ0v) is 15.2. The van der Waals surface area contributed by atoms with E-state index in [0.29, 0.717) is 18.2 Å². The fraction of sp³-hybridized carbons (Fsp3) is 0.750. The number of morpholine rings is 1. The molecule has 2 rings (SSSR count). The molecule has 0 saturated carbocycles. The molecule has 2 heterocycles. The van der Waals surface area contributed by atoms with Crippen LogP contribution in [0.4, 0.5) is 0 Å². The molecular formula is C16H27ClN4O2. The number of rotatable bonds is 5. The fourth-order valence-corrected chi connectivity index (χ4v) is 2.64. The molecule has 1 aromatic rings. The Morgan fingerprint density at radius 2 is 2.26 bits per heavy atom. The SMILES string of the molecule is Cc1[nH]nc(CN2CCO[C@@H](CCNC(=O)C(C)(C)C)C2)c1Cl. The average Bonchev–Trinajstić information content (AvgIpc) is 2.79. The third-order valence-corrected chi connectivity index (χ3v) is 4.47. The highest BCUT2D eigenvalue weighted by Crippen LogP contribution is 2.20. The summed E-state index contributed by atoms with van der Waals surface area (Å²) in [4.78, 5) is 14.2. The number of carbonyl (C=O) groups excluding carboxylic acids is 1. The Morgan fingerprint density at radius 3 is 2.87 bits per heavy atom. The third-order valence-electron chi connectivity index (χ3n) is 3.97. The predicted molar refractivity (Wildman–Crippen MR) is 90.4 cm³/mol. The number of nitrogens with one attached hydrogen (secondary N) is 2. The van der Waals surface area contributed by atoms with Crippen LogP contribution in [0.1, 0.15) is 38.6 Å². The van der Waals surface area contributed by atoms with Crippen LogP contribution in [0.15, 0.2) is 0 Å². The van der Waals surface area contributed by atoms with E-state index in [1.54, 1.807) is 0 Å². The Balaban J connectivity index is 1.77. The number of nitrogens with zero attached hydrogens (tertiary/aromatic N) is 2.